The molecule has 3 rings (SSSR count). The van der Waals surface area contributed by atoms with E-state index < -0.39 is 0 Å². The summed E-state index contributed by atoms with van der Waals surface area (Å²) < 4.78 is 1.11. The second kappa shape index (κ2) is 6.85. The molecule has 5 heteroatoms. The quantitative estimate of drug-likeness (QED) is 0.897. The smallest absolute Gasteiger partial charge is 0.0758 e. The predicted molar refractivity (Wildman–Crippen MR) is 89.2 cm³/mol. The lowest BCUT2D eigenvalue weighted by Crippen LogP contribution is -2.42. The van der Waals surface area contributed by atoms with Gasteiger partial charge in [-0.05, 0) is 37.1 Å². The highest BCUT2D eigenvalue weighted by atomic mass is 79.9. The highest BCUT2D eigenvalue weighted by Crippen LogP contribution is 2.26. The van der Waals surface area contributed by atoms with E-state index in [0.29, 0.717) is 6.04 Å². The van der Waals surface area contributed by atoms with Crippen molar-refractivity contribution in [2.75, 3.05) is 13.1 Å². The summed E-state index contributed by atoms with van der Waals surface area (Å²) in [6.07, 6.45) is 4.21. The minimum atomic E-state index is 0. The Hall–Kier alpha value is -0.680. The van der Waals surface area contributed by atoms with Crippen molar-refractivity contribution in [3.8, 4) is 0 Å². The average molecular weight is 357 g/mol. The number of halogens is 2. The van der Waals surface area contributed by atoms with Crippen LogP contribution in [0.3, 0.4) is 0 Å². The van der Waals surface area contributed by atoms with E-state index in [-0.39, 0.29) is 12.4 Å². The maximum atomic E-state index is 6.05. The van der Waals surface area contributed by atoms with Crippen molar-refractivity contribution in [1.29, 1.82) is 0 Å². The van der Waals surface area contributed by atoms with Gasteiger partial charge < -0.3 is 5.73 Å². The molecule has 1 aliphatic heterocycles. The van der Waals surface area contributed by atoms with E-state index in [0.717, 1.165) is 36.0 Å². The predicted octanol–water partition coefficient (Wildman–Crippen LogP) is 3.34. The van der Waals surface area contributed by atoms with Gasteiger partial charge in [0.1, 0.15) is 0 Å². The van der Waals surface area contributed by atoms with Gasteiger partial charge in [0.2, 0.25) is 0 Å². The Balaban J connectivity index is 0.00000147. The minimum Gasteiger partial charge on any atom is -0.327 e. The number of rotatable bonds is 2. The van der Waals surface area contributed by atoms with E-state index in [4.69, 9.17) is 5.73 Å². The molecule has 1 aliphatic rings. The largest absolute Gasteiger partial charge is 0.327 e. The van der Waals surface area contributed by atoms with E-state index in [1.165, 1.54) is 17.4 Å². The van der Waals surface area contributed by atoms with Crippen LogP contribution in [0, 0.1) is 0 Å². The van der Waals surface area contributed by atoms with Gasteiger partial charge in [0.25, 0.3) is 0 Å². The summed E-state index contributed by atoms with van der Waals surface area (Å²) in [5.74, 6) is 0. The molecule has 0 amide bonds. The molecule has 0 aliphatic carbocycles. The van der Waals surface area contributed by atoms with Gasteiger partial charge in [0.15, 0.2) is 0 Å². The Bertz CT molecular complexity index is 590. The second-order valence-electron chi connectivity index (χ2n) is 5.24. The minimum absolute atomic E-state index is 0. The number of nitrogens with zero attached hydrogens (tertiary/aromatic N) is 2. The highest BCUT2D eigenvalue weighted by Gasteiger charge is 2.17. The molecule has 2 heterocycles. The Morgan fingerprint density at radius 2 is 2.20 bits per heavy atom. The molecule has 20 heavy (non-hydrogen) atoms. The molecular weight excluding hydrogens is 338 g/mol. The van der Waals surface area contributed by atoms with Crippen molar-refractivity contribution in [2.45, 2.75) is 25.4 Å². The van der Waals surface area contributed by atoms with Crippen LogP contribution in [0.5, 0.6) is 0 Å². The van der Waals surface area contributed by atoms with Crippen molar-refractivity contribution < 1.29 is 0 Å². The van der Waals surface area contributed by atoms with Crippen LogP contribution in [0.15, 0.2) is 34.9 Å². The van der Waals surface area contributed by atoms with Crippen molar-refractivity contribution in [3.63, 3.8) is 0 Å². The van der Waals surface area contributed by atoms with Gasteiger partial charge in [-0.2, -0.15) is 0 Å². The molecule has 2 N–H and O–H groups in total. The maximum absolute atomic E-state index is 6.05. The Kier molecular flexibility index (Phi) is 5.38. The molecule has 0 saturated carbocycles. The van der Waals surface area contributed by atoms with Crippen LogP contribution in [0.25, 0.3) is 10.9 Å². The summed E-state index contributed by atoms with van der Waals surface area (Å²) in [4.78, 5) is 6.97. The number of hydrogen-bond acceptors (Lipinski definition) is 3. The SMILES string of the molecule is Cl.NC1CCCN(Cc2ccc(Br)c3cccnc23)C1. The average Bonchev–Trinajstić information content (AvgIpc) is 2.42. The van der Waals surface area contributed by atoms with E-state index in [1.54, 1.807) is 0 Å². The summed E-state index contributed by atoms with van der Waals surface area (Å²) in [6, 6.07) is 8.69. The lowest BCUT2D eigenvalue weighted by Gasteiger charge is -2.30. The highest BCUT2D eigenvalue weighted by molar-refractivity contribution is 9.10. The fourth-order valence-electron chi connectivity index (χ4n) is 2.80. The van der Waals surface area contributed by atoms with E-state index in [9.17, 15) is 0 Å². The normalized spacial score (nSPS) is 19.8. The lowest BCUT2D eigenvalue weighted by atomic mass is 10.0. The van der Waals surface area contributed by atoms with Gasteiger partial charge in [-0.3, -0.25) is 9.88 Å². The van der Waals surface area contributed by atoms with Gasteiger partial charge in [-0.25, -0.2) is 0 Å². The number of hydrogen-bond donors (Lipinski definition) is 1. The molecule has 1 aromatic carbocycles. The van der Waals surface area contributed by atoms with Gasteiger partial charge in [-0.15, -0.1) is 12.4 Å². The molecule has 3 nitrogen and oxygen atoms in total. The summed E-state index contributed by atoms with van der Waals surface area (Å²) >= 11 is 3.59. The zero-order valence-corrected chi connectivity index (χ0v) is 13.7. The van der Waals surface area contributed by atoms with Crippen molar-refractivity contribution in [2.24, 2.45) is 5.73 Å². The Labute approximate surface area is 134 Å². The molecule has 1 unspecified atom stereocenters. The molecule has 1 atom stereocenters. The van der Waals surface area contributed by atoms with Gasteiger partial charge in [0, 0.05) is 35.2 Å². The molecule has 108 valence electrons. The molecule has 1 saturated heterocycles. The van der Waals surface area contributed by atoms with Crippen molar-refractivity contribution in [1.82, 2.24) is 9.88 Å². The summed E-state index contributed by atoms with van der Waals surface area (Å²) in [6.45, 7) is 3.07. The van der Waals surface area contributed by atoms with Crippen molar-refractivity contribution >= 4 is 39.2 Å². The number of likely N-dealkylation sites (tertiary alicyclic amines) is 1. The van der Waals surface area contributed by atoms with E-state index in [1.807, 2.05) is 12.3 Å². The molecule has 0 spiro atoms. The van der Waals surface area contributed by atoms with Crippen LogP contribution < -0.4 is 5.73 Å². The number of aromatic nitrogens is 1. The number of fused-ring (bicyclic) bond motifs is 1. The topological polar surface area (TPSA) is 42.1 Å². The zero-order valence-electron chi connectivity index (χ0n) is 11.3. The van der Waals surface area contributed by atoms with E-state index >= 15 is 0 Å². The summed E-state index contributed by atoms with van der Waals surface area (Å²) in [5.41, 5.74) is 8.43. The first kappa shape index (κ1) is 15.7. The van der Waals surface area contributed by atoms with Gasteiger partial charge in [0.05, 0.1) is 5.52 Å². The second-order valence-corrected chi connectivity index (χ2v) is 6.10. The van der Waals surface area contributed by atoms with Gasteiger partial charge >= 0.3 is 0 Å². The van der Waals surface area contributed by atoms with Crippen LogP contribution in [-0.2, 0) is 6.54 Å². The first-order chi connectivity index (χ1) is 9.24. The van der Waals surface area contributed by atoms with E-state index in [2.05, 4.69) is 44.0 Å². The summed E-state index contributed by atoms with van der Waals surface area (Å²) in [5, 5.41) is 1.18. The molecule has 2 aromatic rings. The number of benzene rings is 1. The fourth-order valence-corrected chi connectivity index (χ4v) is 3.25. The third kappa shape index (κ3) is 3.31. The zero-order chi connectivity index (χ0) is 13.2. The third-order valence-electron chi connectivity index (χ3n) is 3.74. The van der Waals surface area contributed by atoms with Crippen LogP contribution in [0.1, 0.15) is 18.4 Å². The first-order valence-corrected chi connectivity index (χ1v) is 7.53. The molecule has 0 bridgehead atoms. The van der Waals surface area contributed by atoms with Gasteiger partial charge in [-0.1, -0.05) is 28.1 Å². The molecule has 0 radical (unpaired) electrons. The molecule has 1 fully saturated rings. The number of piperidine rings is 1. The lowest BCUT2D eigenvalue weighted by molar-refractivity contribution is 0.202. The van der Waals surface area contributed by atoms with Crippen LogP contribution in [0.2, 0.25) is 0 Å². The molecular formula is C15H19BrClN3. The van der Waals surface area contributed by atoms with Crippen LogP contribution in [-0.4, -0.2) is 29.0 Å². The number of nitrogens with two attached hydrogens (primary N) is 1. The van der Waals surface area contributed by atoms with Crippen LogP contribution >= 0.6 is 28.3 Å². The number of pyridine rings is 1. The molecule has 1 aromatic heterocycles. The first-order valence-electron chi connectivity index (χ1n) is 6.74. The maximum Gasteiger partial charge on any atom is 0.0758 e. The Morgan fingerprint density at radius 1 is 1.35 bits per heavy atom. The Morgan fingerprint density at radius 3 is 3.00 bits per heavy atom. The van der Waals surface area contributed by atoms with Crippen molar-refractivity contribution in [3.05, 3.63) is 40.5 Å². The standard InChI is InChI=1S/C15H18BrN3.ClH/c16-14-6-5-11(15-13(14)4-1-7-18-15)9-19-8-2-3-12(17)10-19;/h1,4-7,12H,2-3,8-10,17H2;1H. The third-order valence-corrected chi connectivity index (χ3v) is 4.43. The fraction of sp³-hybridized carbons (Fsp3) is 0.400. The monoisotopic (exact) mass is 355 g/mol. The summed E-state index contributed by atoms with van der Waals surface area (Å²) in [7, 11) is 0. The van der Waals surface area contributed by atoms with Crippen LogP contribution in [0.4, 0.5) is 0 Å².